The maximum absolute atomic E-state index is 12.1. The first-order chi connectivity index (χ1) is 11.2. The number of hydrogen-bond acceptors (Lipinski definition) is 4. The van der Waals surface area contributed by atoms with Crippen molar-refractivity contribution in [3.05, 3.63) is 51.7 Å². The van der Waals surface area contributed by atoms with Crippen LogP contribution in [0.4, 0.5) is 5.69 Å². The summed E-state index contributed by atoms with van der Waals surface area (Å²) in [5, 5.41) is 7.90. The van der Waals surface area contributed by atoms with Crippen LogP contribution in [0, 0.1) is 0 Å². The van der Waals surface area contributed by atoms with E-state index < -0.39 is 0 Å². The van der Waals surface area contributed by atoms with Gasteiger partial charge in [-0.2, -0.15) is 11.3 Å². The van der Waals surface area contributed by atoms with Crippen LogP contribution >= 0.6 is 22.9 Å². The van der Waals surface area contributed by atoms with Crippen molar-refractivity contribution in [1.29, 1.82) is 0 Å². The highest BCUT2D eigenvalue weighted by atomic mass is 35.5. The van der Waals surface area contributed by atoms with Gasteiger partial charge in [-0.15, -0.1) is 0 Å². The van der Waals surface area contributed by atoms with Crippen LogP contribution < -0.4 is 5.32 Å². The number of benzene rings is 1. The number of piperazine rings is 1. The maximum Gasteiger partial charge on any atom is 0.238 e. The largest absolute Gasteiger partial charge is 0.325 e. The first-order valence-electron chi connectivity index (χ1n) is 7.70. The van der Waals surface area contributed by atoms with E-state index in [1.54, 1.807) is 23.5 Å². The van der Waals surface area contributed by atoms with E-state index in [0.717, 1.165) is 38.4 Å². The predicted molar refractivity (Wildman–Crippen MR) is 96.1 cm³/mol. The third-order valence-electron chi connectivity index (χ3n) is 3.95. The Morgan fingerprint density at radius 1 is 1.09 bits per heavy atom. The van der Waals surface area contributed by atoms with Gasteiger partial charge in [0.05, 0.1) is 6.54 Å². The molecule has 1 fully saturated rings. The normalized spacial score (nSPS) is 16.4. The smallest absolute Gasteiger partial charge is 0.238 e. The molecule has 0 saturated carbocycles. The topological polar surface area (TPSA) is 35.6 Å². The Hall–Kier alpha value is -1.40. The molecule has 1 saturated heterocycles. The monoisotopic (exact) mass is 349 g/mol. The highest BCUT2D eigenvalue weighted by Crippen LogP contribution is 2.14. The molecule has 0 aliphatic carbocycles. The highest BCUT2D eigenvalue weighted by molar-refractivity contribution is 7.07. The summed E-state index contributed by atoms with van der Waals surface area (Å²) in [6.45, 7) is 5.31. The summed E-state index contributed by atoms with van der Waals surface area (Å²) in [6.07, 6.45) is 0. The van der Waals surface area contributed by atoms with E-state index in [1.165, 1.54) is 5.56 Å². The number of nitrogens with zero attached hydrogens (tertiary/aromatic N) is 2. The van der Waals surface area contributed by atoms with Gasteiger partial charge >= 0.3 is 0 Å². The summed E-state index contributed by atoms with van der Waals surface area (Å²) in [7, 11) is 0. The van der Waals surface area contributed by atoms with Crippen LogP contribution in [0.3, 0.4) is 0 Å². The number of thiophene rings is 1. The minimum atomic E-state index is 0.0265. The predicted octanol–water partition coefficient (Wildman–Crippen LogP) is 3.16. The van der Waals surface area contributed by atoms with E-state index in [-0.39, 0.29) is 5.91 Å². The third kappa shape index (κ3) is 5.04. The van der Waals surface area contributed by atoms with Gasteiger partial charge in [-0.3, -0.25) is 14.6 Å². The van der Waals surface area contributed by atoms with Gasteiger partial charge in [0, 0.05) is 43.4 Å². The fourth-order valence-electron chi connectivity index (χ4n) is 2.68. The second-order valence-electron chi connectivity index (χ2n) is 5.74. The molecule has 0 radical (unpaired) electrons. The van der Waals surface area contributed by atoms with Crippen LogP contribution in [0.2, 0.25) is 5.02 Å². The number of carbonyl (C=O) groups excluding carboxylic acids is 1. The number of carbonyl (C=O) groups is 1. The van der Waals surface area contributed by atoms with E-state index in [1.807, 2.05) is 12.1 Å². The second-order valence-corrected chi connectivity index (χ2v) is 6.96. The van der Waals surface area contributed by atoms with Gasteiger partial charge in [0.25, 0.3) is 0 Å². The Bertz CT molecular complexity index is 622. The summed E-state index contributed by atoms with van der Waals surface area (Å²) in [4.78, 5) is 16.7. The number of rotatable bonds is 5. The first-order valence-corrected chi connectivity index (χ1v) is 9.02. The van der Waals surface area contributed by atoms with Crippen molar-refractivity contribution in [2.45, 2.75) is 6.54 Å². The van der Waals surface area contributed by atoms with Crippen molar-refractivity contribution in [3.8, 4) is 0 Å². The molecule has 3 rings (SSSR count). The van der Waals surface area contributed by atoms with E-state index in [2.05, 4.69) is 31.9 Å². The third-order valence-corrected chi connectivity index (χ3v) is 4.93. The molecule has 23 heavy (non-hydrogen) atoms. The number of amides is 1. The summed E-state index contributed by atoms with van der Waals surface area (Å²) >= 11 is 7.58. The van der Waals surface area contributed by atoms with Gasteiger partial charge in [0.1, 0.15) is 0 Å². The summed E-state index contributed by atoms with van der Waals surface area (Å²) in [5.74, 6) is 0.0265. The fourth-order valence-corrected chi connectivity index (χ4v) is 3.47. The molecule has 2 aromatic rings. The van der Waals surface area contributed by atoms with Gasteiger partial charge in [-0.25, -0.2) is 0 Å². The zero-order valence-electron chi connectivity index (χ0n) is 12.9. The number of hydrogen-bond donors (Lipinski definition) is 1. The molecule has 0 spiro atoms. The van der Waals surface area contributed by atoms with Crippen LogP contribution in [-0.2, 0) is 11.3 Å². The standard InChI is InChI=1S/C17H20ClN3OS/c18-15-1-3-16(4-2-15)19-17(22)12-21-8-6-20(7-9-21)11-14-5-10-23-13-14/h1-5,10,13H,6-9,11-12H2,(H,19,22). The van der Waals surface area contributed by atoms with Gasteiger partial charge in [-0.05, 0) is 46.7 Å². The zero-order valence-corrected chi connectivity index (χ0v) is 14.4. The van der Waals surface area contributed by atoms with Crippen LogP contribution in [0.5, 0.6) is 0 Å². The van der Waals surface area contributed by atoms with Gasteiger partial charge in [0.15, 0.2) is 0 Å². The number of halogens is 1. The van der Waals surface area contributed by atoms with Crippen molar-refractivity contribution in [3.63, 3.8) is 0 Å². The second kappa shape index (κ2) is 7.93. The molecule has 4 nitrogen and oxygen atoms in total. The minimum absolute atomic E-state index is 0.0265. The molecule has 1 aromatic heterocycles. The molecule has 0 bridgehead atoms. The average Bonchev–Trinajstić information content (AvgIpc) is 3.04. The molecule has 0 atom stereocenters. The molecule has 1 N–H and O–H groups in total. The van der Waals surface area contributed by atoms with Crippen molar-refractivity contribution < 1.29 is 4.79 Å². The van der Waals surface area contributed by atoms with E-state index >= 15 is 0 Å². The van der Waals surface area contributed by atoms with Crippen LogP contribution in [0.25, 0.3) is 0 Å². The molecule has 1 aliphatic rings. The molecule has 1 amide bonds. The van der Waals surface area contributed by atoms with E-state index in [4.69, 9.17) is 11.6 Å². The Morgan fingerprint density at radius 2 is 1.78 bits per heavy atom. The molecule has 2 heterocycles. The van der Waals surface area contributed by atoms with Crippen molar-refractivity contribution in [2.24, 2.45) is 0 Å². The molecule has 122 valence electrons. The highest BCUT2D eigenvalue weighted by Gasteiger charge is 2.19. The minimum Gasteiger partial charge on any atom is -0.325 e. The van der Waals surface area contributed by atoms with Crippen LogP contribution in [0.1, 0.15) is 5.56 Å². The van der Waals surface area contributed by atoms with E-state index in [9.17, 15) is 4.79 Å². The van der Waals surface area contributed by atoms with Gasteiger partial charge < -0.3 is 5.32 Å². The van der Waals surface area contributed by atoms with E-state index in [0.29, 0.717) is 11.6 Å². The zero-order chi connectivity index (χ0) is 16.1. The van der Waals surface area contributed by atoms with Crippen molar-refractivity contribution in [2.75, 3.05) is 38.0 Å². The van der Waals surface area contributed by atoms with Crippen molar-refractivity contribution >= 4 is 34.5 Å². The molecular formula is C17H20ClN3OS. The first kappa shape index (κ1) is 16.5. The lowest BCUT2D eigenvalue weighted by molar-refractivity contribution is -0.117. The lowest BCUT2D eigenvalue weighted by Gasteiger charge is -2.34. The van der Waals surface area contributed by atoms with Gasteiger partial charge in [0.2, 0.25) is 5.91 Å². The summed E-state index contributed by atoms with van der Waals surface area (Å²) in [6, 6.07) is 9.37. The van der Waals surface area contributed by atoms with Gasteiger partial charge in [-0.1, -0.05) is 11.6 Å². The summed E-state index contributed by atoms with van der Waals surface area (Å²) in [5.41, 5.74) is 2.17. The molecular weight excluding hydrogens is 330 g/mol. The number of nitrogens with one attached hydrogen (secondary N) is 1. The maximum atomic E-state index is 12.1. The SMILES string of the molecule is O=C(CN1CCN(Cc2ccsc2)CC1)Nc1ccc(Cl)cc1. The van der Waals surface area contributed by atoms with Crippen LogP contribution in [0.15, 0.2) is 41.1 Å². The Labute approximate surface area is 145 Å². The number of anilines is 1. The molecule has 1 aliphatic heterocycles. The Balaban J connectivity index is 1.41. The fraction of sp³-hybridized carbons (Fsp3) is 0.353. The molecule has 0 unspecified atom stereocenters. The molecule has 6 heteroatoms. The summed E-state index contributed by atoms with van der Waals surface area (Å²) < 4.78 is 0. The van der Waals surface area contributed by atoms with Crippen molar-refractivity contribution in [1.82, 2.24) is 9.80 Å². The lowest BCUT2D eigenvalue weighted by atomic mass is 10.2. The Morgan fingerprint density at radius 3 is 2.43 bits per heavy atom. The average molecular weight is 350 g/mol. The van der Waals surface area contributed by atoms with Crippen LogP contribution in [-0.4, -0.2) is 48.4 Å². The molecule has 1 aromatic carbocycles. The Kier molecular flexibility index (Phi) is 5.67. The quantitative estimate of drug-likeness (QED) is 0.900. The lowest BCUT2D eigenvalue weighted by Crippen LogP contribution is -2.48.